The number of anilines is 1. The molecule has 4 rings (SSSR count). The van der Waals surface area contributed by atoms with Gasteiger partial charge in [-0.3, -0.25) is 10.1 Å². The molecule has 0 radical (unpaired) electrons. The molecule has 1 fully saturated rings. The van der Waals surface area contributed by atoms with Crippen molar-refractivity contribution in [3.63, 3.8) is 0 Å². The Morgan fingerprint density at radius 2 is 1.75 bits per heavy atom. The summed E-state index contributed by atoms with van der Waals surface area (Å²) in [6.07, 6.45) is 0.561. The molecular weight excluding hydrogens is 744 g/mol. The summed E-state index contributed by atoms with van der Waals surface area (Å²) in [5, 5.41) is 14.3. The SMILES string of the molecule is CC(C)(C)OC(=O)COc1c(C(=O)OC(C)(C)C)sc(-c2cccc(NC3CCN(S(=O)(=O)Cc4ccc(F)c([N+](=O)[O-])c4)C(C)(C)C3)c2F)c1Cl. The van der Waals surface area contributed by atoms with E-state index < -0.39 is 73.3 Å². The third-order valence-electron chi connectivity index (χ3n) is 7.74. The lowest BCUT2D eigenvalue weighted by atomic mass is 9.89. The minimum Gasteiger partial charge on any atom is -0.479 e. The Labute approximate surface area is 310 Å². The number of thiophene rings is 1. The predicted octanol–water partition coefficient (Wildman–Crippen LogP) is 8.12. The Morgan fingerprint density at radius 1 is 1.10 bits per heavy atom. The molecule has 0 spiro atoms. The van der Waals surface area contributed by atoms with Gasteiger partial charge in [0.2, 0.25) is 15.8 Å². The van der Waals surface area contributed by atoms with Crippen LogP contribution < -0.4 is 10.1 Å². The van der Waals surface area contributed by atoms with Gasteiger partial charge >= 0.3 is 17.6 Å². The van der Waals surface area contributed by atoms with E-state index in [1.165, 1.54) is 22.5 Å². The summed E-state index contributed by atoms with van der Waals surface area (Å²) in [5.41, 5.74) is -3.21. The highest BCUT2D eigenvalue weighted by atomic mass is 35.5. The highest BCUT2D eigenvalue weighted by Gasteiger charge is 2.42. The fourth-order valence-corrected chi connectivity index (χ4v) is 9.22. The summed E-state index contributed by atoms with van der Waals surface area (Å²) in [6.45, 7) is 13.0. The molecule has 2 heterocycles. The number of hydrogen-bond donors (Lipinski definition) is 1. The topological polar surface area (TPSA) is 154 Å². The first-order valence-electron chi connectivity index (χ1n) is 16.3. The fraction of sp³-hybridized carbons (Fsp3) is 0.486. The molecule has 0 bridgehead atoms. The van der Waals surface area contributed by atoms with Gasteiger partial charge in [-0.15, -0.1) is 11.3 Å². The van der Waals surface area contributed by atoms with E-state index in [0.29, 0.717) is 6.42 Å². The van der Waals surface area contributed by atoms with E-state index >= 15 is 4.39 Å². The van der Waals surface area contributed by atoms with Crippen molar-refractivity contribution in [2.24, 2.45) is 0 Å². The normalized spacial score (nSPS) is 16.6. The molecule has 284 valence electrons. The maximum absolute atomic E-state index is 16.3. The quantitative estimate of drug-likeness (QED) is 0.115. The van der Waals surface area contributed by atoms with Gasteiger partial charge < -0.3 is 19.5 Å². The third-order valence-corrected chi connectivity index (χ3v) is 11.4. The number of sulfonamides is 1. The van der Waals surface area contributed by atoms with Crippen LogP contribution in [0.3, 0.4) is 0 Å². The minimum absolute atomic E-state index is 0.0459. The zero-order valence-corrected chi connectivity index (χ0v) is 32.5. The summed E-state index contributed by atoms with van der Waals surface area (Å²) in [4.78, 5) is 36.0. The predicted molar refractivity (Wildman–Crippen MR) is 194 cm³/mol. The van der Waals surface area contributed by atoms with Crippen molar-refractivity contribution in [2.75, 3.05) is 18.5 Å². The molecule has 52 heavy (non-hydrogen) atoms. The molecule has 17 heteroatoms. The summed E-state index contributed by atoms with van der Waals surface area (Å²) < 4.78 is 75.0. The molecule has 3 aromatic rings. The number of esters is 2. The Hall–Kier alpha value is -3.86. The van der Waals surface area contributed by atoms with Crippen LogP contribution in [0.25, 0.3) is 10.4 Å². The summed E-state index contributed by atoms with van der Waals surface area (Å²) in [5.74, 6) is -3.95. The maximum atomic E-state index is 16.3. The van der Waals surface area contributed by atoms with Gasteiger partial charge in [-0.25, -0.2) is 22.4 Å². The van der Waals surface area contributed by atoms with Crippen molar-refractivity contribution in [1.82, 2.24) is 4.31 Å². The van der Waals surface area contributed by atoms with E-state index in [9.17, 15) is 32.5 Å². The van der Waals surface area contributed by atoms with E-state index in [-0.39, 0.29) is 56.3 Å². The van der Waals surface area contributed by atoms with Gasteiger partial charge in [-0.05, 0) is 85.9 Å². The number of carbonyl (C=O) groups is 2. The van der Waals surface area contributed by atoms with Crippen molar-refractivity contribution in [2.45, 2.75) is 96.8 Å². The third kappa shape index (κ3) is 9.96. The Balaban J connectivity index is 1.57. The molecule has 0 saturated carbocycles. The Kier molecular flexibility index (Phi) is 12.0. The minimum atomic E-state index is -4.00. The van der Waals surface area contributed by atoms with Gasteiger partial charge in [0, 0.05) is 29.8 Å². The molecule has 1 aromatic heterocycles. The highest BCUT2D eigenvalue weighted by molar-refractivity contribution is 7.88. The van der Waals surface area contributed by atoms with E-state index in [1.807, 2.05) is 0 Å². The number of nitro groups is 1. The number of nitro benzene ring substituents is 1. The van der Waals surface area contributed by atoms with Crippen LogP contribution >= 0.6 is 22.9 Å². The molecule has 1 N–H and O–H groups in total. The molecule has 0 amide bonds. The van der Waals surface area contributed by atoms with Crippen LogP contribution in [0.15, 0.2) is 36.4 Å². The highest BCUT2D eigenvalue weighted by Crippen LogP contribution is 2.48. The summed E-state index contributed by atoms with van der Waals surface area (Å²) in [6, 6.07) is 7.20. The van der Waals surface area contributed by atoms with Crippen LogP contribution in [-0.4, -0.2) is 65.5 Å². The average molecular weight is 786 g/mol. The van der Waals surface area contributed by atoms with Crippen molar-refractivity contribution >= 4 is 56.3 Å². The van der Waals surface area contributed by atoms with Crippen molar-refractivity contribution in [1.29, 1.82) is 0 Å². The molecule has 2 aromatic carbocycles. The lowest BCUT2D eigenvalue weighted by molar-refractivity contribution is -0.387. The standard InChI is InChI=1S/C35H42ClF2N3O9S2/c1-33(2,3)49-26(42)18-48-29-27(36)30(51-31(29)32(43)50-34(4,5)6)22-10-9-11-24(28(22)38)39-21-14-15-40(35(7,8)17-21)52(46,47)19-20-12-13-23(37)25(16-20)41(44)45/h9-13,16,21,39H,14-15,17-19H2,1-8H3. The smallest absolute Gasteiger partial charge is 0.352 e. The number of halogens is 3. The molecule has 1 unspecified atom stereocenters. The first kappa shape index (κ1) is 40.9. The molecular formula is C35H42ClF2N3O9S2. The van der Waals surface area contributed by atoms with Crippen LogP contribution in [0.2, 0.25) is 5.02 Å². The number of nitrogens with one attached hydrogen (secondary N) is 1. The van der Waals surface area contributed by atoms with Gasteiger partial charge in [-0.2, -0.15) is 8.70 Å². The van der Waals surface area contributed by atoms with Gasteiger partial charge in [-0.1, -0.05) is 29.8 Å². The van der Waals surface area contributed by atoms with Crippen molar-refractivity contribution < 1.29 is 45.9 Å². The van der Waals surface area contributed by atoms with E-state index in [2.05, 4.69) is 5.32 Å². The molecule has 1 aliphatic heterocycles. The second-order valence-corrected chi connectivity index (χ2v) is 18.3. The van der Waals surface area contributed by atoms with Crippen LogP contribution in [0.5, 0.6) is 5.75 Å². The van der Waals surface area contributed by atoms with E-state index in [4.69, 9.17) is 25.8 Å². The van der Waals surface area contributed by atoms with Crippen molar-refractivity contribution in [3.8, 4) is 16.2 Å². The van der Waals surface area contributed by atoms with Crippen LogP contribution in [0, 0.1) is 21.7 Å². The number of nitrogens with zero attached hydrogens (tertiary/aromatic N) is 2. The van der Waals surface area contributed by atoms with E-state index in [0.717, 1.165) is 23.5 Å². The maximum Gasteiger partial charge on any atom is 0.352 e. The van der Waals surface area contributed by atoms with Crippen LogP contribution in [0.1, 0.15) is 83.5 Å². The van der Waals surface area contributed by atoms with Crippen molar-refractivity contribution in [3.05, 3.63) is 73.6 Å². The monoisotopic (exact) mass is 785 g/mol. The van der Waals surface area contributed by atoms with Gasteiger partial charge in [0.05, 0.1) is 21.2 Å². The van der Waals surface area contributed by atoms with Crippen LogP contribution in [0.4, 0.5) is 20.2 Å². The molecule has 0 aliphatic carbocycles. The Bertz CT molecular complexity index is 1970. The van der Waals surface area contributed by atoms with Gasteiger partial charge in [0.15, 0.2) is 23.1 Å². The molecule has 1 aliphatic rings. The number of rotatable bonds is 11. The zero-order chi connectivity index (χ0) is 39.0. The summed E-state index contributed by atoms with van der Waals surface area (Å²) >= 11 is 7.57. The number of carbonyl (C=O) groups excluding carboxylic acids is 2. The van der Waals surface area contributed by atoms with Gasteiger partial charge in [0.1, 0.15) is 16.2 Å². The second-order valence-electron chi connectivity index (χ2n) is 15.0. The average Bonchev–Trinajstić information content (AvgIpc) is 3.31. The zero-order valence-electron chi connectivity index (χ0n) is 30.1. The first-order chi connectivity index (χ1) is 23.9. The second kappa shape index (κ2) is 15.2. The lowest BCUT2D eigenvalue weighted by Crippen LogP contribution is -2.55. The summed E-state index contributed by atoms with van der Waals surface area (Å²) in [7, 11) is -4.00. The molecule has 1 atom stereocenters. The fourth-order valence-electron chi connectivity index (χ4n) is 5.80. The number of piperidine rings is 1. The largest absolute Gasteiger partial charge is 0.479 e. The van der Waals surface area contributed by atoms with Gasteiger partial charge in [0.25, 0.3) is 0 Å². The van der Waals surface area contributed by atoms with Crippen LogP contribution in [-0.2, 0) is 30.0 Å². The number of ether oxygens (including phenoxy) is 3. The number of hydrogen-bond acceptors (Lipinski definition) is 11. The molecule has 12 nitrogen and oxygen atoms in total. The first-order valence-corrected chi connectivity index (χ1v) is 19.1. The number of benzene rings is 2. The Morgan fingerprint density at radius 3 is 2.35 bits per heavy atom. The molecule has 1 saturated heterocycles. The lowest BCUT2D eigenvalue weighted by Gasteiger charge is -2.45. The van der Waals surface area contributed by atoms with E-state index in [1.54, 1.807) is 61.5 Å².